The first-order valence-electron chi connectivity index (χ1n) is 6.08. The van der Waals surface area contributed by atoms with Gasteiger partial charge >= 0.3 is 0 Å². The van der Waals surface area contributed by atoms with Gasteiger partial charge in [0.2, 0.25) is 0 Å². The third-order valence-electron chi connectivity index (χ3n) is 3.29. The maximum absolute atomic E-state index is 10.9. The number of hydrogen-bond donors (Lipinski definition) is 1. The zero-order valence-corrected chi connectivity index (χ0v) is 13.4. The van der Waals surface area contributed by atoms with E-state index in [1.165, 1.54) is 0 Å². The van der Waals surface area contributed by atoms with Crippen molar-refractivity contribution < 1.29 is 9.84 Å². The average molecular weight is 368 g/mol. The van der Waals surface area contributed by atoms with Gasteiger partial charge < -0.3 is 9.84 Å². The van der Waals surface area contributed by atoms with Gasteiger partial charge in [0.1, 0.15) is 11.4 Å². The topological polar surface area (TPSA) is 29.5 Å². The minimum absolute atomic E-state index is 0.703. The molecule has 0 saturated heterocycles. The van der Waals surface area contributed by atoms with Crippen LogP contribution < -0.4 is 4.74 Å². The van der Waals surface area contributed by atoms with Crippen LogP contribution in [0, 0.1) is 10.5 Å². The second-order valence-electron chi connectivity index (χ2n) is 4.78. The van der Waals surface area contributed by atoms with Crippen molar-refractivity contribution in [3.8, 4) is 5.75 Å². The van der Waals surface area contributed by atoms with E-state index in [-0.39, 0.29) is 0 Å². The molecular formula is C16H17IO2. The van der Waals surface area contributed by atoms with Crippen molar-refractivity contribution in [3.63, 3.8) is 0 Å². The molecule has 1 unspecified atom stereocenters. The molecule has 0 aliphatic heterocycles. The Labute approximate surface area is 127 Å². The van der Waals surface area contributed by atoms with Crippen LogP contribution in [0.4, 0.5) is 0 Å². The quantitative estimate of drug-likeness (QED) is 0.834. The van der Waals surface area contributed by atoms with Crippen molar-refractivity contribution in [2.45, 2.75) is 19.4 Å². The number of ether oxygens (including phenoxy) is 1. The highest BCUT2D eigenvalue weighted by Gasteiger charge is 2.29. The summed E-state index contributed by atoms with van der Waals surface area (Å²) in [6.07, 6.45) is 0. The molecule has 0 heterocycles. The third kappa shape index (κ3) is 2.92. The van der Waals surface area contributed by atoms with Crippen LogP contribution >= 0.6 is 22.6 Å². The van der Waals surface area contributed by atoms with Crippen LogP contribution in [0.25, 0.3) is 0 Å². The van der Waals surface area contributed by atoms with Gasteiger partial charge in [0.15, 0.2) is 0 Å². The average Bonchev–Trinajstić information content (AvgIpc) is 2.39. The first-order valence-corrected chi connectivity index (χ1v) is 7.16. The molecule has 0 spiro atoms. The Hall–Kier alpha value is -1.07. The molecule has 0 aliphatic carbocycles. The minimum Gasteiger partial charge on any atom is -0.496 e. The van der Waals surface area contributed by atoms with Gasteiger partial charge in [0.25, 0.3) is 0 Å². The summed E-state index contributed by atoms with van der Waals surface area (Å²) in [5, 5.41) is 10.9. The second kappa shape index (κ2) is 5.51. The highest BCUT2D eigenvalue weighted by molar-refractivity contribution is 14.1. The summed E-state index contributed by atoms with van der Waals surface area (Å²) >= 11 is 2.25. The van der Waals surface area contributed by atoms with Crippen molar-refractivity contribution in [2.75, 3.05) is 7.11 Å². The molecule has 0 saturated carbocycles. The lowest BCUT2D eigenvalue weighted by molar-refractivity contribution is 0.0989. The smallest absolute Gasteiger partial charge is 0.125 e. The summed E-state index contributed by atoms with van der Waals surface area (Å²) in [4.78, 5) is 0. The molecule has 2 nitrogen and oxygen atoms in total. The Morgan fingerprint density at radius 2 is 1.74 bits per heavy atom. The molecule has 1 atom stereocenters. The highest BCUT2D eigenvalue weighted by atomic mass is 127. The number of methoxy groups -OCH3 is 1. The first kappa shape index (κ1) is 14.3. The fourth-order valence-electron chi connectivity index (χ4n) is 2.13. The van der Waals surface area contributed by atoms with Gasteiger partial charge in [0, 0.05) is 9.13 Å². The largest absolute Gasteiger partial charge is 0.496 e. The van der Waals surface area contributed by atoms with Crippen LogP contribution in [0.15, 0.2) is 42.5 Å². The van der Waals surface area contributed by atoms with Crippen LogP contribution in [0.1, 0.15) is 23.6 Å². The summed E-state index contributed by atoms with van der Waals surface area (Å²) in [7, 11) is 1.62. The molecule has 2 aromatic rings. The summed E-state index contributed by atoms with van der Waals surface area (Å²) in [5.74, 6) is 0.703. The maximum Gasteiger partial charge on any atom is 0.125 e. The first-order chi connectivity index (χ1) is 8.95. The predicted octanol–water partition coefficient (Wildman–Crippen LogP) is 3.86. The van der Waals surface area contributed by atoms with E-state index >= 15 is 0 Å². The van der Waals surface area contributed by atoms with Gasteiger partial charge in [-0.05, 0) is 66.3 Å². The minimum atomic E-state index is -1.07. The van der Waals surface area contributed by atoms with E-state index in [2.05, 4.69) is 22.6 Å². The van der Waals surface area contributed by atoms with E-state index < -0.39 is 5.60 Å². The van der Waals surface area contributed by atoms with Crippen molar-refractivity contribution in [2.24, 2.45) is 0 Å². The molecule has 2 aromatic carbocycles. The molecule has 1 N–H and O–H groups in total. The van der Waals surface area contributed by atoms with E-state index in [0.717, 1.165) is 20.3 Å². The van der Waals surface area contributed by atoms with E-state index in [1.54, 1.807) is 14.0 Å². The van der Waals surface area contributed by atoms with E-state index in [0.29, 0.717) is 5.75 Å². The van der Waals surface area contributed by atoms with E-state index in [1.807, 2.05) is 49.4 Å². The molecule has 3 heteroatoms. The molecule has 0 radical (unpaired) electrons. The lowest BCUT2D eigenvalue weighted by Gasteiger charge is -2.27. The molecule has 19 heavy (non-hydrogen) atoms. The predicted molar refractivity (Wildman–Crippen MR) is 85.6 cm³/mol. The zero-order valence-electron chi connectivity index (χ0n) is 11.3. The SMILES string of the molecule is COc1ccc(C)cc1C(C)(O)c1ccc(I)cc1. The van der Waals surface area contributed by atoms with Gasteiger partial charge in [-0.2, -0.15) is 0 Å². The van der Waals surface area contributed by atoms with Crippen molar-refractivity contribution in [1.29, 1.82) is 0 Å². The van der Waals surface area contributed by atoms with E-state index in [9.17, 15) is 5.11 Å². The number of aliphatic hydroxyl groups is 1. The number of hydrogen-bond acceptors (Lipinski definition) is 2. The van der Waals surface area contributed by atoms with E-state index in [4.69, 9.17) is 4.74 Å². The molecule has 0 aliphatic rings. The van der Waals surface area contributed by atoms with Crippen LogP contribution in [0.2, 0.25) is 0 Å². The number of aryl methyl sites for hydroxylation is 1. The standard InChI is InChI=1S/C16H17IO2/c1-11-4-9-15(19-3)14(10-11)16(2,18)12-5-7-13(17)8-6-12/h4-10,18H,1-3H3. The lowest BCUT2D eigenvalue weighted by Crippen LogP contribution is -2.23. The molecule has 0 bridgehead atoms. The molecular weight excluding hydrogens is 351 g/mol. The fraction of sp³-hybridized carbons (Fsp3) is 0.250. The number of halogens is 1. The Kier molecular flexibility index (Phi) is 4.16. The Balaban J connectivity index is 2.55. The molecule has 0 fully saturated rings. The molecule has 0 amide bonds. The zero-order chi connectivity index (χ0) is 14.0. The van der Waals surface area contributed by atoms with Gasteiger partial charge in [-0.25, -0.2) is 0 Å². The molecule has 100 valence electrons. The Morgan fingerprint density at radius 1 is 1.11 bits per heavy atom. The van der Waals surface area contributed by atoms with Crippen molar-refractivity contribution in [3.05, 3.63) is 62.7 Å². The van der Waals surface area contributed by atoms with Gasteiger partial charge in [0.05, 0.1) is 7.11 Å². The molecule has 0 aromatic heterocycles. The Bertz CT molecular complexity index is 574. The van der Waals surface area contributed by atoms with Gasteiger partial charge in [-0.15, -0.1) is 0 Å². The van der Waals surface area contributed by atoms with Gasteiger partial charge in [-0.3, -0.25) is 0 Å². The lowest BCUT2D eigenvalue weighted by atomic mass is 9.87. The Morgan fingerprint density at radius 3 is 2.32 bits per heavy atom. The van der Waals surface area contributed by atoms with Gasteiger partial charge in [-0.1, -0.05) is 23.8 Å². The monoisotopic (exact) mass is 368 g/mol. The summed E-state index contributed by atoms with van der Waals surface area (Å²) in [6, 6.07) is 13.7. The summed E-state index contributed by atoms with van der Waals surface area (Å²) < 4.78 is 6.52. The van der Waals surface area contributed by atoms with Crippen molar-refractivity contribution in [1.82, 2.24) is 0 Å². The summed E-state index contributed by atoms with van der Waals surface area (Å²) in [6.45, 7) is 3.81. The number of benzene rings is 2. The van der Waals surface area contributed by atoms with Crippen LogP contribution in [0.5, 0.6) is 5.75 Å². The summed E-state index contributed by atoms with van der Waals surface area (Å²) in [5.41, 5.74) is 1.68. The highest BCUT2D eigenvalue weighted by Crippen LogP contribution is 2.36. The fourth-order valence-corrected chi connectivity index (χ4v) is 2.49. The third-order valence-corrected chi connectivity index (χ3v) is 4.00. The normalized spacial score (nSPS) is 13.9. The van der Waals surface area contributed by atoms with Crippen molar-refractivity contribution >= 4 is 22.6 Å². The van der Waals surface area contributed by atoms with Crippen LogP contribution in [0.3, 0.4) is 0 Å². The maximum atomic E-state index is 10.9. The van der Waals surface area contributed by atoms with Crippen LogP contribution in [-0.4, -0.2) is 12.2 Å². The van der Waals surface area contributed by atoms with Crippen LogP contribution in [-0.2, 0) is 5.60 Å². The number of rotatable bonds is 3. The second-order valence-corrected chi connectivity index (χ2v) is 6.03. The molecule has 2 rings (SSSR count).